The molecule has 4 rings (SSSR count). The topological polar surface area (TPSA) is 54.5 Å². The van der Waals surface area contributed by atoms with Gasteiger partial charge in [0.25, 0.3) is 0 Å². The fourth-order valence-corrected chi connectivity index (χ4v) is 4.38. The smallest absolute Gasteiger partial charge is 0.228 e. The number of carbonyl (C=O) groups is 1. The van der Waals surface area contributed by atoms with Crippen molar-refractivity contribution in [3.63, 3.8) is 0 Å². The van der Waals surface area contributed by atoms with Gasteiger partial charge in [-0.05, 0) is 47.4 Å². The van der Waals surface area contributed by atoms with Crippen LogP contribution in [0.25, 0.3) is 0 Å². The first-order valence-electron chi connectivity index (χ1n) is 8.37. The third kappa shape index (κ3) is 3.36. The molecule has 6 heteroatoms. The second kappa shape index (κ2) is 7.01. The van der Waals surface area contributed by atoms with Crippen molar-refractivity contribution in [2.24, 2.45) is 5.92 Å². The second-order valence-electron chi connectivity index (χ2n) is 6.49. The lowest BCUT2D eigenvalue weighted by atomic mass is 9.89. The summed E-state index contributed by atoms with van der Waals surface area (Å²) in [6, 6.07) is 6.29. The van der Waals surface area contributed by atoms with Gasteiger partial charge in [-0.25, -0.2) is 0 Å². The van der Waals surface area contributed by atoms with Gasteiger partial charge in [0.05, 0.1) is 23.9 Å². The highest BCUT2D eigenvalue weighted by atomic mass is 32.1. The predicted octanol–water partition coefficient (Wildman–Crippen LogP) is 2.76. The summed E-state index contributed by atoms with van der Waals surface area (Å²) >= 11 is 1.72. The van der Waals surface area contributed by atoms with Gasteiger partial charge in [0.1, 0.15) is 0 Å². The van der Waals surface area contributed by atoms with Gasteiger partial charge < -0.3 is 10.1 Å². The van der Waals surface area contributed by atoms with Crippen LogP contribution in [0.4, 0.5) is 5.69 Å². The maximum atomic E-state index is 12.7. The Bertz CT molecular complexity index is 677. The Labute approximate surface area is 145 Å². The number of hydrogen-bond donors (Lipinski definition) is 1. The number of thiophene rings is 1. The molecule has 0 saturated carbocycles. The number of piperidine rings is 1. The fourth-order valence-electron chi connectivity index (χ4n) is 3.72. The Morgan fingerprint density at radius 1 is 1.46 bits per heavy atom. The number of fused-ring (bicyclic) bond motifs is 1. The number of rotatable bonds is 4. The molecule has 2 aromatic rings. The summed E-state index contributed by atoms with van der Waals surface area (Å²) in [5.74, 6) is 0.00969. The molecular weight excluding hydrogens is 322 g/mol. The summed E-state index contributed by atoms with van der Waals surface area (Å²) in [6.45, 7) is 2.48. The number of carbonyl (C=O) groups excluding carboxylic acids is 1. The first-order valence-corrected chi connectivity index (χ1v) is 9.31. The Morgan fingerprint density at radius 2 is 2.42 bits per heavy atom. The van der Waals surface area contributed by atoms with Crippen LogP contribution in [0.5, 0.6) is 0 Å². The number of aromatic nitrogens is 1. The molecule has 2 aliphatic heterocycles. The summed E-state index contributed by atoms with van der Waals surface area (Å²) in [7, 11) is 0. The summed E-state index contributed by atoms with van der Waals surface area (Å²) in [6.07, 6.45) is 5.42. The standard InChI is InChI=1S/C18H21N3O2S/c22-18(20-15-2-1-5-19-9-15)14-8-17-16(3-6-23-17)21(11-14)10-13-4-7-24-12-13/h1-2,4-5,7,9,12,14,16-17H,3,6,8,10-11H2,(H,20,22)/t14-,16+,17+/m1/s1. The van der Waals surface area contributed by atoms with Crippen LogP contribution in [0, 0.1) is 5.92 Å². The van der Waals surface area contributed by atoms with Gasteiger partial charge in [-0.1, -0.05) is 0 Å². The first kappa shape index (κ1) is 15.7. The number of likely N-dealkylation sites (tertiary alicyclic amines) is 1. The summed E-state index contributed by atoms with van der Waals surface area (Å²) < 4.78 is 5.91. The van der Waals surface area contributed by atoms with E-state index < -0.39 is 0 Å². The first-order chi connectivity index (χ1) is 11.8. The summed E-state index contributed by atoms with van der Waals surface area (Å²) in [4.78, 5) is 19.2. The maximum Gasteiger partial charge on any atom is 0.228 e. The van der Waals surface area contributed by atoms with E-state index in [-0.39, 0.29) is 17.9 Å². The molecule has 4 heterocycles. The van der Waals surface area contributed by atoms with E-state index >= 15 is 0 Å². The van der Waals surface area contributed by atoms with E-state index in [0.717, 1.165) is 38.2 Å². The Hall–Kier alpha value is -1.76. The molecule has 0 bridgehead atoms. The lowest BCUT2D eigenvalue weighted by Gasteiger charge is -2.40. The molecule has 126 valence electrons. The third-order valence-electron chi connectivity index (χ3n) is 4.88. The van der Waals surface area contributed by atoms with Gasteiger partial charge in [0.15, 0.2) is 0 Å². The van der Waals surface area contributed by atoms with Crippen molar-refractivity contribution in [1.29, 1.82) is 0 Å². The van der Waals surface area contributed by atoms with Crippen LogP contribution in [0.1, 0.15) is 18.4 Å². The van der Waals surface area contributed by atoms with Gasteiger partial charge in [0.2, 0.25) is 5.91 Å². The minimum absolute atomic E-state index is 0.0526. The average Bonchev–Trinajstić information content (AvgIpc) is 3.27. The molecule has 0 aliphatic carbocycles. The number of ether oxygens (including phenoxy) is 1. The molecule has 0 unspecified atom stereocenters. The lowest BCUT2D eigenvalue weighted by Crippen LogP contribution is -2.51. The molecule has 2 aliphatic rings. The highest BCUT2D eigenvalue weighted by molar-refractivity contribution is 7.07. The molecular formula is C18H21N3O2S. The number of pyridine rings is 1. The quantitative estimate of drug-likeness (QED) is 0.927. The highest BCUT2D eigenvalue weighted by Crippen LogP contribution is 2.33. The number of anilines is 1. The van der Waals surface area contributed by atoms with Gasteiger partial charge >= 0.3 is 0 Å². The minimum atomic E-state index is -0.0526. The van der Waals surface area contributed by atoms with E-state index in [1.165, 1.54) is 5.56 Å². The predicted molar refractivity (Wildman–Crippen MR) is 93.8 cm³/mol. The van der Waals surface area contributed by atoms with Crippen LogP contribution in [0.2, 0.25) is 0 Å². The van der Waals surface area contributed by atoms with Gasteiger partial charge in [-0.2, -0.15) is 11.3 Å². The SMILES string of the molecule is O=C(Nc1cccnc1)[C@@H]1C[C@@H]2OCC[C@@H]2N(Cc2ccsc2)C1. The van der Waals surface area contributed by atoms with Crippen LogP contribution in [-0.4, -0.2) is 41.1 Å². The zero-order valence-electron chi connectivity index (χ0n) is 13.4. The van der Waals surface area contributed by atoms with Crippen LogP contribution < -0.4 is 5.32 Å². The van der Waals surface area contributed by atoms with E-state index in [2.05, 4.69) is 32.0 Å². The number of hydrogen-bond acceptors (Lipinski definition) is 5. The minimum Gasteiger partial charge on any atom is -0.377 e. The maximum absolute atomic E-state index is 12.7. The molecule has 2 aromatic heterocycles. The highest BCUT2D eigenvalue weighted by Gasteiger charge is 2.42. The van der Waals surface area contributed by atoms with E-state index in [9.17, 15) is 4.79 Å². The monoisotopic (exact) mass is 343 g/mol. The Kier molecular flexibility index (Phi) is 4.60. The van der Waals surface area contributed by atoms with Crippen LogP contribution >= 0.6 is 11.3 Å². The van der Waals surface area contributed by atoms with Crippen molar-refractivity contribution in [1.82, 2.24) is 9.88 Å². The van der Waals surface area contributed by atoms with Crippen molar-refractivity contribution < 1.29 is 9.53 Å². The largest absolute Gasteiger partial charge is 0.377 e. The van der Waals surface area contributed by atoms with Crippen molar-refractivity contribution in [3.8, 4) is 0 Å². The molecule has 24 heavy (non-hydrogen) atoms. The zero-order chi connectivity index (χ0) is 16.4. The molecule has 0 spiro atoms. The van der Waals surface area contributed by atoms with E-state index in [1.54, 1.807) is 23.7 Å². The Morgan fingerprint density at radius 3 is 3.21 bits per heavy atom. The number of nitrogens with zero attached hydrogens (tertiary/aromatic N) is 2. The van der Waals surface area contributed by atoms with Crippen molar-refractivity contribution >= 4 is 22.9 Å². The molecule has 1 amide bonds. The van der Waals surface area contributed by atoms with Crippen LogP contribution in [-0.2, 0) is 16.1 Å². The molecule has 0 radical (unpaired) electrons. The van der Waals surface area contributed by atoms with Crippen LogP contribution in [0.15, 0.2) is 41.4 Å². The van der Waals surface area contributed by atoms with Crippen molar-refractivity contribution in [3.05, 3.63) is 46.9 Å². The normalized spacial score (nSPS) is 26.9. The molecule has 5 nitrogen and oxygen atoms in total. The number of nitrogens with one attached hydrogen (secondary N) is 1. The van der Waals surface area contributed by atoms with E-state index in [0.29, 0.717) is 6.04 Å². The third-order valence-corrected chi connectivity index (χ3v) is 5.61. The van der Waals surface area contributed by atoms with Crippen LogP contribution in [0.3, 0.4) is 0 Å². The van der Waals surface area contributed by atoms with E-state index in [4.69, 9.17) is 4.74 Å². The second-order valence-corrected chi connectivity index (χ2v) is 7.27. The van der Waals surface area contributed by atoms with Gasteiger partial charge in [-0.3, -0.25) is 14.7 Å². The van der Waals surface area contributed by atoms with Gasteiger partial charge in [-0.15, -0.1) is 0 Å². The molecule has 1 N–H and O–H groups in total. The summed E-state index contributed by atoms with van der Waals surface area (Å²) in [5.41, 5.74) is 2.07. The number of amides is 1. The van der Waals surface area contributed by atoms with E-state index in [1.807, 2.05) is 12.1 Å². The average molecular weight is 343 g/mol. The van der Waals surface area contributed by atoms with Gasteiger partial charge in [0, 0.05) is 31.9 Å². The molecule has 3 atom stereocenters. The lowest BCUT2D eigenvalue weighted by molar-refractivity contribution is -0.124. The zero-order valence-corrected chi connectivity index (χ0v) is 14.2. The summed E-state index contributed by atoms with van der Waals surface area (Å²) in [5, 5.41) is 7.28. The van der Waals surface area contributed by atoms with Crippen molar-refractivity contribution in [2.45, 2.75) is 31.5 Å². The van der Waals surface area contributed by atoms with Crippen molar-refractivity contribution in [2.75, 3.05) is 18.5 Å². The molecule has 2 saturated heterocycles. The Balaban J connectivity index is 1.46. The molecule has 0 aromatic carbocycles. The molecule has 2 fully saturated rings. The fraction of sp³-hybridized carbons (Fsp3) is 0.444.